The predicted molar refractivity (Wildman–Crippen MR) is 108 cm³/mol. The molecule has 152 valence electrons. The van der Waals surface area contributed by atoms with E-state index in [0.717, 1.165) is 18.4 Å². The van der Waals surface area contributed by atoms with Gasteiger partial charge in [-0.2, -0.15) is 4.31 Å². The number of hydrogen-bond donors (Lipinski definition) is 1. The molecule has 1 aromatic rings. The molecule has 1 aromatic carbocycles. The molecule has 0 unspecified atom stereocenters. The Kier molecular flexibility index (Phi) is 7.82. The van der Waals surface area contributed by atoms with Gasteiger partial charge in [-0.05, 0) is 37.0 Å². The molecule has 0 saturated carbocycles. The van der Waals surface area contributed by atoms with E-state index in [9.17, 15) is 13.2 Å². The number of rotatable bonds is 8. The van der Waals surface area contributed by atoms with E-state index in [1.165, 1.54) is 4.31 Å². The van der Waals surface area contributed by atoms with Gasteiger partial charge in [0.05, 0.1) is 11.4 Å². The van der Waals surface area contributed by atoms with Gasteiger partial charge in [0.25, 0.3) is 0 Å². The van der Waals surface area contributed by atoms with Gasteiger partial charge in [0.15, 0.2) is 0 Å². The molecule has 1 heterocycles. The highest BCUT2D eigenvalue weighted by Gasteiger charge is 2.29. The van der Waals surface area contributed by atoms with Crippen LogP contribution in [0.1, 0.15) is 52.0 Å². The Bertz CT molecular complexity index is 708. The largest absolute Gasteiger partial charge is 0.353 e. The third-order valence-electron chi connectivity index (χ3n) is 5.01. The fourth-order valence-electron chi connectivity index (χ4n) is 3.33. The second-order valence-electron chi connectivity index (χ2n) is 7.66. The topological polar surface area (TPSA) is 69.7 Å². The van der Waals surface area contributed by atoms with Crippen molar-refractivity contribution >= 4 is 15.9 Å². The number of piperazine rings is 1. The van der Waals surface area contributed by atoms with Crippen molar-refractivity contribution < 1.29 is 13.2 Å². The van der Waals surface area contributed by atoms with Gasteiger partial charge in [-0.25, -0.2) is 8.42 Å². The lowest BCUT2D eigenvalue weighted by Crippen LogP contribution is -2.51. The standard InChI is InChI=1S/C20H33N3O3S/c1-5-6-17(4)21-20(24)15-22-11-13-23(14-12-22)27(25,26)19-9-7-18(8-10-19)16(2)3/h7-10,16-17H,5-6,11-15H2,1-4H3,(H,21,24)/t17-/m0/s1. The molecule has 0 aromatic heterocycles. The van der Waals surface area contributed by atoms with Gasteiger partial charge >= 0.3 is 0 Å². The Morgan fingerprint density at radius 1 is 1.07 bits per heavy atom. The monoisotopic (exact) mass is 395 g/mol. The van der Waals surface area contributed by atoms with E-state index in [1.54, 1.807) is 12.1 Å². The zero-order valence-corrected chi connectivity index (χ0v) is 17.8. The van der Waals surface area contributed by atoms with E-state index in [1.807, 2.05) is 24.0 Å². The molecule has 1 amide bonds. The van der Waals surface area contributed by atoms with Crippen molar-refractivity contribution in [1.82, 2.24) is 14.5 Å². The fraction of sp³-hybridized carbons (Fsp3) is 0.650. The number of carbonyl (C=O) groups excluding carboxylic acids is 1. The van der Waals surface area contributed by atoms with Gasteiger partial charge in [-0.1, -0.05) is 39.3 Å². The van der Waals surface area contributed by atoms with Crippen LogP contribution in [0.5, 0.6) is 0 Å². The maximum absolute atomic E-state index is 12.8. The molecule has 0 bridgehead atoms. The van der Waals surface area contributed by atoms with Crippen LogP contribution >= 0.6 is 0 Å². The smallest absolute Gasteiger partial charge is 0.243 e. The molecule has 1 fully saturated rings. The summed E-state index contributed by atoms with van der Waals surface area (Å²) in [5.74, 6) is 0.382. The molecular formula is C20H33N3O3S. The summed E-state index contributed by atoms with van der Waals surface area (Å²) in [6.07, 6.45) is 2.00. The van der Waals surface area contributed by atoms with E-state index in [-0.39, 0.29) is 11.9 Å². The van der Waals surface area contributed by atoms with Gasteiger partial charge in [0, 0.05) is 32.2 Å². The number of hydrogen-bond acceptors (Lipinski definition) is 4. The molecular weight excluding hydrogens is 362 g/mol. The summed E-state index contributed by atoms with van der Waals surface area (Å²) < 4.78 is 27.2. The van der Waals surface area contributed by atoms with Crippen LogP contribution in [0.2, 0.25) is 0 Å². The van der Waals surface area contributed by atoms with Crippen molar-refractivity contribution in [2.24, 2.45) is 0 Å². The predicted octanol–water partition coefficient (Wildman–Crippen LogP) is 2.42. The van der Waals surface area contributed by atoms with Crippen molar-refractivity contribution in [2.75, 3.05) is 32.7 Å². The fourth-order valence-corrected chi connectivity index (χ4v) is 4.75. The molecule has 1 N–H and O–H groups in total. The molecule has 1 aliphatic heterocycles. The SMILES string of the molecule is CCC[C@H](C)NC(=O)CN1CCN(S(=O)(=O)c2ccc(C(C)C)cc2)CC1. The van der Waals surface area contributed by atoms with Crippen LogP contribution in [-0.4, -0.2) is 62.3 Å². The summed E-state index contributed by atoms with van der Waals surface area (Å²) >= 11 is 0. The highest BCUT2D eigenvalue weighted by atomic mass is 32.2. The third-order valence-corrected chi connectivity index (χ3v) is 6.92. The van der Waals surface area contributed by atoms with Crippen molar-refractivity contribution in [2.45, 2.75) is 57.4 Å². The number of amides is 1. The highest BCUT2D eigenvalue weighted by Crippen LogP contribution is 2.21. The van der Waals surface area contributed by atoms with Gasteiger partial charge in [0.1, 0.15) is 0 Å². The average molecular weight is 396 g/mol. The maximum atomic E-state index is 12.8. The summed E-state index contributed by atoms with van der Waals surface area (Å²) in [5, 5.41) is 3.00. The first-order valence-corrected chi connectivity index (χ1v) is 11.3. The van der Waals surface area contributed by atoms with Crippen LogP contribution in [0.25, 0.3) is 0 Å². The molecule has 1 saturated heterocycles. The molecule has 2 rings (SSSR count). The summed E-state index contributed by atoms with van der Waals surface area (Å²) in [5.41, 5.74) is 1.13. The Labute approximate surface area is 164 Å². The summed E-state index contributed by atoms with van der Waals surface area (Å²) in [7, 11) is -3.48. The highest BCUT2D eigenvalue weighted by molar-refractivity contribution is 7.89. The number of sulfonamides is 1. The number of benzene rings is 1. The van der Waals surface area contributed by atoms with Gasteiger partial charge in [-0.15, -0.1) is 0 Å². The number of nitrogens with one attached hydrogen (secondary N) is 1. The summed E-state index contributed by atoms with van der Waals surface area (Å²) in [4.78, 5) is 14.5. The Morgan fingerprint density at radius 3 is 2.19 bits per heavy atom. The minimum Gasteiger partial charge on any atom is -0.353 e. The first-order valence-electron chi connectivity index (χ1n) is 9.85. The quantitative estimate of drug-likeness (QED) is 0.734. The lowest BCUT2D eigenvalue weighted by atomic mass is 10.0. The Morgan fingerprint density at radius 2 is 1.67 bits per heavy atom. The first kappa shape index (κ1) is 21.9. The van der Waals surface area contributed by atoms with Gasteiger partial charge in [0.2, 0.25) is 15.9 Å². The second-order valence-corrected chi connectivity index (χ2v) is 9.60. The van der Waals surface area contributed by atoms with Crippen molar-refractivity contribution in [1.29, 1.82) is 0 Å². The van der Waals surface area contributed by atoms with E-state index in [2.05, 4.69) is 26.1 Å². The normalized spacial score (nSPS) is 17.8. The lowest BCUT2D eigenvalue weighted by Gasteiger charge is -2.33. The summed E-state index contributed by atoms with van der Waals surface area (Å²) in [6, 6.07) is 7.34. The van der Waals surface area contributed by atoms with Crippen LogP contribution in [-0.2, 0) is 14.8 Å². The first-order chi connectivity index (χ1) is 12.7. The molecule has 1 atom stereocenters. The number of carbonyl (C=O) groups is 1. The van der Waals surface area contributed by atoms with E-state index in [0.29, 0.717) is 43.5 Å². The van der Waals surface area contributed by atoms with E-state index < -0.39 is 10.0 Å². The molecule has 6 nitrogen and oxygen atoms in total. The van der Waals surface area contributed by atoms with E-state index >= 15 is 0 Å². The Hall–Kier alpha value is -1.44. The minimum absolute atomic E-state index is 0.0107. The zero-order valence-electron chi connectivity index (χ0n) is 16.9. The minimum atomic E-state index is -3.48. The van der Waals surface area contributed by atoms with Crippen molar-refractivity contribution in [3.8, 4) is 0 Å². The second kappa shape index (κ2) is 9.66. The Balaban J connectivity index is 1.89. The van der Waals surface area contributed by atoms with Crippen LogP contribution in [0.3, 0.4) is 0 Å². The average Bonchev–Trinajstić information content (AvgIpc) is 2.62. The van der Waals surface area contributed by atoms with Crippen LogP contribution in [0.4, 0.5) is 0 Å². The van der Waals surface area contributed by atoms with Gasteiger partial charge in [-0.3, -0.25) is 9.69 Å². The number of nitrogens with zero attached hydrogens (tertiary/aromatic N) is 2. The summed E-state index contributed by atoms with van der Waals surface area (Å²) in [6.45, 7) is 10.6. The van der Waals surface area contributed by atoms with Crippen LogP contribution < -0.4 is 5.32 Å². The molecule has 27 heavy (non-hydrogen) atoms. The van der Waals surface area contributed by atoms with E-state index in [4.69, 9.17) is 0 Å². The van der Waals surface area contributed by atoms with Crippen molar-refractivity contribution in [3.05, 3.63) is 29.8 Å². The molecule has 7 heteroatoms. The molecule has 0 spiro atoms. The molecule has 0 aliphatic carbocycles. The zero-order chi connectivity index (χ0) is 20.0. The third kappa shape index (κ3) is 6.02. The molecule has 0 radical (unpaired) electrons. The van der Waals surface area contributed by atoms with Gasteiger partial charge < -0.3 is 5.32 Å². The molecule has 1 aliphatic rings. The van der Waals surface area contributed by atoms with Crippen LogP contribution in [0, 0.1) is 0 Å². The van der Waals surface area contributed by atoms with Crippen molar-refractivity contribution in [3.63, 3.8) is 0 Å². The maximum Gasteiger partial charge on any atom is 0.243 e. The van der Waals surface area contributed by atoms with Crippen LogP contribution in [0.15, 0.2) is 29.2 Å². The lowest BCUT2D eigenvalue weighted by molar-refractivity contribution is -0.123.